The minimum atomic E-state index is -0.571. The summed E-state index contributed by atoms with van der Waals surface area (Å²) >= 11 is 0. The van der Waals surface area contributed by atoms with Crippen molar-refractivity contribution >= 4 is 28.9 Å². The Kier molecular flexibility index (Phi) is 5.03. The van der Waals surface area contributed by atoms with E-state index >= 15 is 0 Å². The van der Waals surface area contributed by atoms with E-state index in [0.717, 1.165) is 53.4 Å². The number of nitrogens with two attached hydrogens (primary N) is 1. The normalized spacial score (nSPS) is 17.3. The van der Waals surface area contributed by atoms with E-state index in [-0.39, 0.29) is 17.7 Å². The van der Waals surface area contributed by atoms with Crippen molar-refractivity contribution in [3.05, 3.63) is 59.7 Å². The van der Waals surface area contributed by atoms with Gasteiger partial charge in [0.25, 0.3) is 11.8 Å². The lowest BCUT2D eigenvalue weighted by atomic mass is 9.84. The van der Waals surface area contributed by atoms with Crippen LogP contribution >= 0.6 is 0 Å². The Labute approximate surface area is 180 Å². The minimum absolute atomic E-state index is 0.192. The van der Waals surface area contributed by atoms with Gasteiger partial charge in [-0.3, -0.25) is 19.7 Å². The van der Waals surface area contributed by atoms with E-state index in [2.05, 4.69) is 16.0 Å². The Morgan fingerprint density at radius 1 is 1.10 bits per heavy atom. The van der Waals surface area contributed by atoms with Crippen molar-refractivity contribution in [2.24, 2.45) is 16.8 Å². The van der Waals surface area contributed by atoms with Gasteiger partial charge in [0.1, 0.15) is 0 Å². The average molecular weight is 415 g/mol. The predicted molar refractivity (Wildman–Crippen MR) is 121 cm³/mol. The number of hydrogen-bond acceptors (Lipinski definition) is 4. The molecule has 3 aromatic rings. The lowest BCUT2D eigenvalue weighted by molar-refractivity contribution is -0.119. The number of benzene rings is 2. The average Bonchev–Trinajstić information content (AvgIpc) is 3.02. The van der Waals surface area contributed by atoms with Crippen molar-refractivity contribution in [3.8, 4) is 11.3 Å². The maximum absolute atomic E-state index is 13.2. The summed E-state index contributed by atoms with van der Waals surface area (Å²) in [6.45, 7) is 0. The highest BCUT2D eigenvalue weighted by atomic mass is 16.2. The van der Waals surface area contributed by atoms with Crippen molar-refractivity contribution in [2.45, 2.75) is 38.1 Å². The molecule has 0 spiro atoms. The summed E-state index contributed by atoms with van der Waals surface area (Å²) in [5.74, 6) is -0.295. The highest BCUT2D eigenvalue weighted by Crippen LogP contribution is 2.35. The zero-order valence-corrected chi connectivity index (χ0v) is 17.2. The summed E-state index contributed by atoms with van der Waals surface area (Å²) in [5.41, 5.74) is 15.7. The molecule has 2 aromatic carbocycles. The van der Waals surface area contributed by atoms with Crippen molar-refractivity contribution in [1.82, 2.24) is 10.1 Å². The van der Waals surface area contributed by atoms with Crippen LogP contribution in [0, 0.1) is 5.92 Å². The molecular formula is C24H25N5O2. The summed E-state index contributed by atoms with van der Waals surface area (Å²) in [4.78, 5) is 25.7. The Balaban J connectivity index is 1.65. The van der Waals surface area contributed by atoms with E-state index in [9.17, 15) is 9.59 Å². The Morgan fingerprint density at radius 2 is 1.87 bits per heavy atom. The molecule has 31 heavy (non-hydrogen) atoms. The second-order valence-corrected chi connectivity index (χ2v) is 8.26. The third-order valence-electron chi connectivity index (χ3n) is 6.37. The first-order valence-electron chi connectivity index (χ1n) is 10.8. The Hall–Kier alpha value is -3.45. The quantitative estimate of drug-likeness (QED) is 0.609. The van der Waals surface area contributed by atoms with Crippen LogP contribution in [-0.4, -0.2) is 28.7 Å². The van der Waals surface area contributed by atoms with Crippen LogP contribution in [-0.2, 0) is 4.79 Å². The Morgan fingerprint density at radius 3 is 2.65 bits per heavy atom. The van der Waals surface area contributed by atoms with E-state index in [1.807, 2.05) is 42.5 Å². The molecule has 7 heteroatoms. The van der Waals surface area contributed by atoms with Crippen molar-refractivity contribution in [3.63, 3.8) is 0 Å². The number of carbonyl (C=O) groups is 2. The van der Waals surface area contributed by atoms with Crippen molar-refractivity contribution in [1.29, 1.82) is 0 Å². The summed E-state index contributed by atoms with van der Waals surface area (Å²) in [5, 5.41) is 4.86. The van der Waals surface area contributed by atoms with E-state index in [0.29, 0.717) is 5.56 Å². The van der Waals surface area contributed by atoms with Crippen LogP contribution in [0.2, 0.25) is 0 Å². The molecular weight excluding hydrogens is 390 g/mol. The van der Waals surface area contributed by atoms with Gasteiger partial charge in [-0.1, -0.05) is 55.7 Å². The first-order chi connectivity index (χ1) is 15.1. The number of amides is 2. The van der Waals surface area contributed by atoms with Gasteiger partial charge in [0.05, 0.1) is 29.0 Å². The maximum Gasteiger partial charge on any atom is 0.272 e. The van der Waals surface area contributed by atoms with Gasteiger partial charge >= 0.3 is 0 Å². The molecule has 0 saturated heterocycles. The molecule has 1 fully saturated rings. The van der Waals surface area contributed by atoms with Gasteiger partial charge in [0.15, 0.2) is 0 Å². The highest BCUT2D eigenvalue weighted by molar-refractivity contribution is 6.17. The first kappa shape index (κ1) is 19.5. The van der Waals surface area contributed by atoms with Gasteiger partial charge in [0, 0.05) is 16.5 Å². The van der Waals surface area contributed by atoms with Gasteiger partial charge in [-0.05, 0) is 30.9 Å². The molecule has 158 valence electrons. The standard InChI is InChI=1S/C24H25N5O2/c25-21(15-8-3-1-4-9-15)24(31)28-29-19-13-7-12-17-20(19)18(14-26-27-23(17)30)22(29)16-10-5-2-6-11-16/h2,5-7,10-15,21H,1,3-4,8-9,25H2,(H,27,30)(H,28,31)/t21-/m1/s1. The number of aromatic nitrogens is 1. The fourth-order valence-corrected chi connectivity index (χ4v) is 4.79. The van der Waals surface area contributed by atoms with Gasteiger partial charge < -0.3 is 5.73 Å². The fourth-order valence-electron chi connectivity index (χ4n) is 4.79. The molecule has 0 unspecified atom stereocenters. The zero-order chi connectivity index (χ0) is 21.4. The number of carbonyl (C=O) groups excluding carboxylic acids is 2. The van der Waals surface area contributed by atoms with Crippen molar-refractivity contribution in [2.75, 3.05) is 5.43 Å². The molecule has 1 atom stereocenters. The number of nitrogens with one attached hydrogen (secondary N) is 2. The van der Waals surface area contributed by atoms with Gasteiger partial charge in [-0.15, -0.1) is 0 Å². The number of rotatable bonds is 4. The van der Waals surface area contributed by atoms with Gasteiger partial charge in [-0.2, -0.15) is 5.10 Å². The summed E-state index contributed by atoms with van der Waals surface area (Å²) in [6.07, 6.45) is 7.05. The fraction of sp³-hybridized carbons (Fsp3) is 0.292. The number of hydrogen-bond donors (Lipinski definition) is 3. The first-order valence-corrected chi connectivity index (χ1v) is 10.8. The molecule has 4 N–H and O–H groups in total. The van der Waals surface area contributed by atoms with Crippen LogP contribution < -0.4 is 16.6 Å². The van der Waals surface area contributed by atoms with Crippen molar-refractivity contribution < 1.29 is 9.59 Å². The van der Waals surface area contributed by atoms with Crippen LogP contribution in [0.4, 0.5) is 0 Å². The summed E-state index contributed by atoms with van der Waals surface area (Å²) in [7, 11) is 0. The van der Waals surface area contributed by atoms with Gasteiger partial charge in [0.2, 0.25) is 0 Å². The molecule has 1 aromatic heterocycles. The van der Waals surface area contributed by atoms with E-state index in [4.69, 9.17) is 5.73 Å². The lowest BCUT2D eigenvalue weighted by Gasteiger charge is -2.27. The van der Waals surface area contributed by atoms with E-state index < -0.39 is 6.04 Å². The zero-order valence-electron chi connectivity index (χ0n) is 17.2. The topological polar surface area (TPSA) is 102 Å². The Bertz CT molecular complexity index is 1180. The molecule has 1 aliphatic heterocycles. The second-order valence-electron chi connectivity index (χ2n) is 8.26. The molecule has 5 rings (SSSR count). The summed E-state index contributed by atoms with van der Waals surface area (Å²) < 4.78 is 1.76. The molecule has 2 amide bonds. The lowest BCUT2D eigenvalue weighted by Crippen LogP contribution is -2.45. The smallest absolute Gasteiger partial charge is 0.272 e. The molecule has 7 nitrogen and oxygen atoms in total. The monoisotopic (exact) mass is 415 g/mol. The van der Waals surface area contributed by atoms with E-state index in [1.54, 1.807) is 17.0 Å². The summed E-state index contributed by atoms with van der Waals surface area (Å²) in [6, 6.07) is 14.7. The molecule has 0 radical (unpaired) electrons. The third-order valence-corrected chi connectivity index (χ3v) is 6.37. The number of hydrazone groups is 1. The van der Waals surface area contributed by atoms with Gasteiger partial charge in [-0.25, -0.2) is 5.43 Å². The number of nitrogens with zero attached hydrogens (tertiary/aromatic N) is 2. The van der Waals surface area contributed by atoms with Crippen LogP contribution in [0.25, 0.3) is 22.2 Å². The predicted octanol–water partition coefficient (Wildman–Crippen LogP) is 3.36. The molecule has 2 aliphatic rings. The molecule has 1 aliphatic carbocycles. The molecule has 2 heterocycles. The molecule has 0 bridgehead atoms. The largest absolute Gasteiger partial charge is 0.320 e. The van der Waals surface area contributed by atoms with Crippen LogP contribution in [0.1, 0.15) is 48.0 Å². The third kappa shape index (κ3) is 3.41. The SMILES string of the molecule is N[C@@H](C(=O)Nn1c(-c2ccccc2)c2c3c(cccc31)C(=O)NN=C2)C1CCCCC1. The van der Waals surface area contributed by atoms with E-state index in [1.165, 1.54) is 6.42 Å². The second kappa shape index (κ2) is 8.00. The maximum atomic E-state index is 13.2. The minimum Gasteiger partial charge on any atom is -0.320 e. The highest BCUT2D eigenvalue weighted by Gasteiger charge is 2.29. The van der Waals surface area contributed by atoms with Crippen LogP contribution in [0.3, 0.4) is 0 Å². The van der Waals surface area contributed by atoms with Crippen LogP contribution in [0.15, 0.2) is 53.6 Å². The van der Waals surface area contributed by atoms with Crippen LogP contribution in [0.5, 0.6) is 0 Å². The molecule has 1 saturated carbocycles.